The summed E-state index contributed by atoms with van der Waals surface area (Å²) in [7, 11) is 0. The summed E-state index contributed by atoms with van der Waals surface area (Å²) in [6.45, 7) is 2.38. The average molecular weight is 353 g/mol. The van der Waals surface area contributed by atoms with E-state index in [1.807, 2.05) is 31.2 Å². The second kappa shape index (κ2) is 8.04. The van der Waals surface area contributed by atoms with E-state index >= 15 is 0 Å². The lowest BCUT2D eigenvalue weighted by molar-refractivity contribution is -0.142. The second-order valence-electron chi connectivity index (χ2n) is 6.48. The summed E-state index contributed by atoms with van der Waals surface area (Å²) < 4.78 is 5.42. The van der Waals surface area contributed by atoms with Gasteiger partial charge in [-0.25, -0.2) is 4.79 Å². The minimum atomic E-state index is -0.832. The third kappa shape index (κ3) is 3.72. The average Bonchev–Trinajstić information content (AvgIpc) is 2.97. The van der Waals surface area contributed by atoms with E-state index < -0.39 is 18.0 Å². The number of amides is 1. The van der Waals surface area contributed by atoms with Gasteiger partial charge in [0, 0.05) is 12.5 Å². The van der Waals surface area contributed by atoms with Crippen LogP contribution >= 0.6 is 0 Å². The summed E-state index contributed by atoms with van der Waals surface area (Å²) in [5, 5.41) is 11.7. The van der Waals surface area contributed by atoms with Gasteiger partial charge in [0.25, 0.3) is 0 Å². The van der Waals surface area contributed by atoms with Gasteiger partial charge in [0.2, 0.25) is 0 Å². The number of hydrogen-bond donors (Lipinski definition) is 2. The van der Waals surface area contributed by atoms with E-state index in [4.69, 9.17) is 9.84 Å². The molecule has 5 heteroatoms. The monoisotopic (exact) mass is 353 g/mol. The fourth-order valence-electron chi connectivity index (χ4n) is 3.50. The van der Waals surface area contributed by atoms with Gasteiger partial charge in [-0.1, -0.05) is 55.5 Å². The van der Waals surface area contributed by atoms with Crippen molar-refractivity contribution in [3.8, 4) is 11.1 Å². The number of carbonyl (C=O) groups excluding carboxylic acids is 1. The van der Waals surface area contributed by atoms with Crippen molar-refractivity contribution in [2.24, 2.45) is 5.92 Å². The molecule has 1 aliphatic rings. The van der Waals surface area contributed by atoms with Crippen LogP contribution in [0.2, 0.25) is 0 Å². The molecular formula is C21H23NO4. The summed E-state index contributed by atoms with van der Waals surface area (Å²) in [5.41, 5.74) is 4.70. The number of benzene rings is 2. The Morgan fingerprint density at radius 1 is 1.08 bits per heavy atom. The van der Waals surface area contributed by atoms with E-state index in [0.29, 0.717) is 19.4 Å². The molecule has 3 rings (SSSR count). The summed E-state index contributed by atoms with van der Waals surface area (Å²) in [4.78, 5) is 23.0. The van der Waals surface area contributed by atoms with Crippen molar-refractivity contribution in [3.63, 3.8) is 0 Å². The first-order chi connectivity index (χ1) is 12.6. The highest BCUT2D eigenvalue weighted by Crippen LogP contribution is 2.44. The van der Waals surface area contributed by atoms with Gasteiger partial charge >= 0.3 is 12.1 Å². The van der Waals surface area contributed by atoms with E-state index in [-0.39, 0.29) is 12.5 Å². The van der Waals surface area contributed by atoms with Gasteiger partial charge in [0.15, 0.2) is 0 Å². The Hall–Kier alpha value is -2.82. The van der Waals surface area contributed by atoms with Crippen LogP contribution in [0.1, 0.15) is 36.8 Å². The van der Waals surface area contributed by atoms with Crippen LogP contribution < -0.4 is 5.32 Å². The van der Waals surface area contributed by atoms with Crippen molar-refractivity contribution in [2.75, 3.05) is 13.2 Å². The van der Waals surface area contributed by atoms with Crippen molar-refractivity contribution in [2.45, 2.75) is 25.7 Å². The van der Waals surface area contributed by atoms with Crippen LogP contribution in [-0.4, -0.2) is 30.3 Å². The highest BCUT2D eigenvalue weighted by Gasteiger charge is 2.29. The predicted octanol–water partition coefficient (Wildman–Crippen LogP) is 4.03. The van der Waals surface area contributed by atoms with Crippen molar-refractivity contribution < 1.29 is 19.4 Å². The molecule has 0 aliphatic heterocycles. The molecule has 5 nitrogen and oxygen atoms in total. The van der Waals surface area contributed by atoms with E-state index in [9.17, 15) is 9.59 Å². The van der Waals surface area contributed by atoms with Gasteiger partial charge in [-0.05, 0) is 35.1 Å². The van der Waals surface area contributed by atoms with Crippen LogP contribution in [0.25, 0.3) is 11.1 Å². The lowest BCUT2D eigenvalue weighted by atomic mass is 9.98. The van der Waals surface area contributed by atoms with Gasteiger partial charge in [-0.3, -0.25) is 4.79 Å². The maximum Gasteiger partial charge on any atom is 0.407 e. The Kier molecular flexibility index (Phi) is 5.56. The Morgan fingerprint density at radius 2 is 1.65 bits per heavy atom. The molecule has 1 atom stereocenters. The van der Waals surface area contributed by atoms with Gasteiger partial charge in [0.05, 0.1) is 5.92 Å². The molecule has 0 saturated carbocycles. The molecule has 2 N–H and O–H groups in total. The zero-order valence-corrected chi connectivity index (χ0v) is 14.8. The zero-order valence-electron chi connectivity index (χ0n) is 14.8. The minimum Gasteiger partial charge on any atom is -0.481 e. The van der Waals surface area contributed by atoms with Gasteiger partial charge in [0.1, 0.15) is 6.61 Å². The standard InChI is InChI=1S/C21H23NO4/c1-2-14(20(23)24)11-12-22-21(25)26-13-19-17-9-5-3-7-15(17)16-8-4-6-10-18(16)19/h3-10,14,19H,2,11-13H2,1H3,(H,22,25)(H,23,24). The maximum atomic E-state index is 12.0. The Labute approximate surface area is 153 Å². The Bertz CT molecular complexity index is 757. The number of fused-ring (bicyclic) bond motifs is 3. The molecule has 0 radical (unpaired) electrons. The van der Waals surface area contributed by atoms with E-state index in [1.165, 1.54) is 22.3 Å². The number of carboxylic acids is 1. The minimum absolute atomic E-state index is 0.0237. The van der Waals surface area contributed by atoms with E-state index in [2.05, 4.69) is 29.6 Å². The molecule has 1 aliphatic carbocycles. The maximum absolute atomic E-state index is 12.0. The van der Waals surface area contributed by atoms with Crippen molar-refractivity contribution in [1.29, 1.82) is 0 Å². The molecule has 136 valence electrons. The molecule has 2 aromatic carbocycles. The number of carbonyl (C=O) groups is 2. The number of alkyl carbamates (subject to hydrolysis) is 1. The molecule has 2 aromatic rings. The molecule has 0 bridgehead atoms. The highest BCUT2D eigenvalue weighted by molar-refractivity contribution is 5.79. The molecule has 0 spiro atoms. The first-order valence-electron chi connectivity index (χ1n) is 8.93. The third-order valence-electron chi connectivity index (χ3n) is 4.95. The number of nitrogens with one attached hydrogen (secondary N) is 1. The third-order valence-corrected chi connectivity index (χ3v) is 4.95. The van der Waals surface area contributed by atoms with Gasteiger partial charge < -0.3 is 15.2 Å². The fourth-order valence-corrected chi connectivity index (χ4v) is 3.50. The van der Waals surface area contributed by atoms with Crippen molar-refractivity contribution in [1.82, 2.24) is 5.32 Å². The first kappa shape index (κ1) is 18.0. The number of rotatable bonds is 7. The summed E-state index contributed by atoms with van der Waals surface area (Å²) in [6.07, 6.45) is 0.435. The summed E-state index contributed by atoms with van der Waals surface area (Å²) in [5.74, 6) is -1.25. The van der Waals surface area contributed by atoms with Crippen LogP contribution in [-0.2, 0) is 9.53 Å². The molecule has 1 amide bonds. The molecule has 0 saturated heterocycles. The van der Waals surface area contributed by atoms with Crippen molar-refractivity contribution in [3.05, 3.63) is 59.7 Å². The Morgan fingerprint density at radius 3 is 2.19 bits per heavy atom. The zero-order chi connectivity index (χ0) is 18.5. The number of hydrogen-bond acceptors (Lipinski definition) is 3. The Balaban J connectivity index is 1.58. The van der Waals surface area contributed by atoms with Crippen LogP contribution in [0.4, 0.5) is 4.79 Å². The predicted molar refractivity (Wildman–Crippen MR) is 99.1 cm³/mol. The SMILES string of the molecule is CCC(CCNC(=O)OCC1c2ccccc2-c2ccccc21)C(=O)O. The topological polar surface area (TPSA) is 75.6 Å². The largest absolute Gasteiger partial charge is 0.481 e. The van der Waals surface area contributed by atoms with E-state index in [1.54, 1.807) is 0 Å². The van der Waals surface area contributed by atoms with Crippen molar-refractivity contribution >= 4 is 12.1 Å². The molecule has 1 unspecified atom stereocenters. The lowest BCUT2D eigenvalue weighted by Crippen LogP contribution is -2.29. The van der Waals surface area contributed by atoms with Crippen LogP contribution in [0.3, 0.4) is 0 Å². The highest BCUT2D eigenvalue weighted by atomic mass is 16.5. The van der Waals surface area contributed by atoms with Gasteiger partial charge in [-0.2, -0.15) is 0 Å². The second-order valence-corrected chi connectivity index (χ2v) is 6.48. The van der Waals surface area contributed by atoms with Gasteiger partial charge in [-0.15, -0.1) is 0 Å². The first-order valence-corrected chi connectivity index (χ1v) is 8.93. The molecule has 0 heterocycles. The number of carboxylic acid groups (broad SMARTS) is 1. The summed E-state index contributed by atoms with van der Waals surface area (Å²) >= 11 is 0. The van der Waals surface area contributed by atoms with Crippen LogP contribution in [0.15, 0.2) is 48.5 Å². The summed E-state index contributed by atoms with van der Waals surface area (Å²) in [6, 6.07) is 16.3. The fraction of sp³-hybridized carbons (Fsp3) is 0.333. The molecule has 0 fully saturated rings. The smallest absolute Gasteiger partial charge is 0.407 e. The number of ether oxygens (including phenoxy) is 1. The normalized spacial score (nSPS) is 13.6. The quantitative estimate of drug-likeness (QED) is 0.788. The van der Waals surface area contributed by atoms with Crippen LogP contribution in [0.5, 0.6) is 0 Å². The molecular weight excluding hydrogens is 330 g/mol. The lowest BCUT2D eigenvalue weighted by Gasteiger charge is -2.15. The molecule has 26 heavy (non-hydrogen) atoms. The molecule has 0 aromatic heterocycles. The number of aliphatic carboxylic acids is 1. The van der Waals surface area contributed by atoms with Crippen LogP contribution in [0, 0.1) is 5.92 Å². The van der Waals surface area contributed by atoms with E-state index in [0.717, 1.165) is 0 Å².